The largest absolute Gasteiger partial charge is 0.464 e. The Bertz CT molecular complexity index is 536. The van der Waals surface area contributed by atoms with E-state index in [4.69, 9.17) is 9.47 Å². The number of hydrogen-bond acceptors (Lipinski definition) is 7. The van der Waals surface area contributed by atoms with Crippen molar-refractivity contribution in [2.45, 2.75) is 13.3 Å². The molecule has 0 aliphatic rings. The zero-order chi connectivity index (χ0) is 14.2. The van der Waals surface area contributed by atoms with Crippen molar-refractivity contribution >= 4 is 5.95 Å². The van der Waals surface area contributed by atoms with E-state index in [0.717, 1.165) is 5.69 Å². The molecule has 0 aliphatic carbocycles. The molecule has 0 amide bonds. The second-order valence-corrected chi connectivity index (χ2v) is 3.83. The quantitative estimate of drug-likeness (QED) is 0.816. The van der Waals surface area contributed by atoms with Crippen LogP contribution < -0.4 is 14.8 Å². The second kappa shape index (κ2) is 7.22. The van der Waals surface area contributed by atoms with Gasteiger partial charge in [0.1, 0.15) is 0 Å². The van der Waals surface area contributed by atoms with Gasteiger partial charge in [0, 0.05) is 25.4 Å². The van der Waals surface area contributed by atoms with Crippen LogP contribution in [0.5, 0.6) is 12.0 Å². The Labute approximate surface area is 117 Å². The summed E-state index contributed by atoms with van der Waals surface area (Å²) in [5, 5.41) is 2.84. The number of pyridine rings is 1. The zero-order valence-corrected chi connectivity index (χ0v) is 11.5. The Kier molecular flexibility index (Phi) is 5.05. The van der Waals surface area contributed by atoms with Gasteiger partial charge in [0.15, 0.2) is 0 Å². The highest BCUT2D eigenvalue weighted by Gasteiger charge is 2.07. The summed E-state index contributed by atoms with van der Waals surface area (Å²) in [6.45, 7) is 2.79. The molecule has 0 saturated heterocycles. The van der Waals surface area contributed by atoms with E-state index in [-0.39, 0.29) is 12.0 Å². The number of aromatic nitrogens is 4. The normalized spacial score (nSPS) is 10.1. The van der Waals surface area contributed by atoms with Crippen LogP contribution in [0.2, 0.25) is 0 Å². The Morgan fingerprint density at radius 3 is 2.55 bits per heavy atom. The van der Waals surface area contributed by atoms with Gasteiger partial charge >= 0.3 is 12.0 Å². The van der Waals surface area contributed by atoms with Crippen molar-refractivity contribution in [3.05, 3.63) is 30.1 Å². The highest BCUT2D eigenvalue weighted by molar-refractivity contribution is 5.26. The van der Waals surface area contributed by atoms with Crippen LogP contribution in [0.3, 0.4) is 0 Å². The number of hydrogen-bond donors (Lipinski definition) is 1. The summed E-state index contributed by atoms with van der Waals surface area (Å²) >= 11 is 0. The van der Waals surface area contributed by atoms with Gasteiger partial charge in [0.05, 0.1) is 13.2 Å². The fourth-order valence-corrected chi connectivity index (χ4v) is 1.50. The second-order valence-electron chi connectivity index (χ2n) is 3.83. The molecule has 0 aliphatic heterocycles. The first-order chi connectivity index (χ1) is 9.81. The van der Waals surface area contributed by atoms with Crippen molar-refractivity contribution < 1.29 is 9.47 Å². The van der Waals surface area contributed by atoms with Gasteiger partial charge in [-0.2, -0.15) is 9.97 Å². The third-order valence-electron chi connectivity index (χ3n) is 2.41. The number of rotatable bonds is 7. The predicted molar refractivity (Wildman–Crippen MR) is 74.0 cm³/mol. The smallest absolute Gasteiger partial charge is 0.324 e. The lowest BCUT2D eigenvalue weighted by Crippen LogP contribution is -2.09. The minimum atomic E-state index is 0.240. The number of nitrogens with one attached hydrogen (secondary N) is 1. The van der Waals surface area contributed by atoms with Gasteiger partial charge in [-0.05, 0) is 19.1 Å². The molecule has 0 atom stereocenters. The highest BCUT2D eigenvalue weighted by Crippen LogP contribution is 2.12. The van der Waals surface area contributed by atoms with Crippen molar-refractivity contribution in [1.29, 1.82) is 0 Å². The van der Waals surface area contributed by atoms with Crippen molar-refractivity contribution in [1.82, 2.24) is 19.9 Å². The molecule has 2 heterocycles. The Morgan fingerprint density at radius 1 is 1.10 bits per heavy atom. The zero-order valence-electron chi connectivity index (χ0n) is 11.5. The molecule has 0 fully saturated rings. The molecule has 20 heavy (non-hydrogen) atoms. The molecular weight excluding hydrogens is 258 g/mol. The first kappa shape index (κ1) is 14.0. The molecule has 2 aromatic heterocycles. The van der Waals surface area contributed by atoms with E-state index in [0.29, 0.717) is 25.6 Å². The van der Waals surface area contributed by atoms with Gasteiger partial charge in [-0.1, -0.05) is 6.07 Å². The summed E-state index contributed by atoms with van der Waals surface area (Å²) in [6.07, 6.45) is 2.44. The maximum absolute atomic E-state index is 5.52. The number of anilines is 1. The average Bonchev–Trinajstić information content (AvgIpc) is 2.48. The topological polar surface area (TPSA) is 82.0 Å². The van der Waals surface area contributed by atoms with Crippen LogP contribution in [0.4, 0.5) is 5.95 Å². The fourth-order valence-electron chi connectivity index (χ4n) is 1.50. The van der Waals surface area contributed by atoms with E-state index in [1.807, 2.05) is 25.1 Å². The summed E-state index contributed by atoms with van der Waals surface area (Å²) in [6, 6.07) is 6.26. The Morgan fingerprint density at radius 2 is 1.90 bits per heavy atom. The summed E-state index contributed by atoms with van der Waals surface area (Å²) in [5.41, 5.74) is 0.959. The number of nitrogens with zero attached hydrogens (tertiary/aromatic N) is 4. The van der Waals surface area contributed by atoms with Crippen LogP contribution in [0.15, 0.2) is 24.4 Å². The van der Waals surface area contributed by atoms with Gasteiger partial charge in [0.2, 0.25) is 5.95 Å². The van der Waals surface area contributed by atoms with Crippen LogP contribution in [0, 0.1) is 0 Å². The fraction of sp³-hybridized carbons (Fsp3) is 0.385. The maximum Gasteiger partial charge on any atom is 0.324 e. The van der Waals surface area contributed by atoms with Gasteiger partial charge in [-0.15, -0.1) is 4.98 Å². The molecule has 0 unspecified atom stereocenters. The van der Waals surface area contributed by atoms with E-state index < -0.39 is 0 Å². The maximum atomic E-state index is 5.52. The minimum Gasteiger partial charge on any atom is -0.464 e. The Hall–Kier alpha value is -2.44. The van der Waals surface area contributed by atoms with Gasteiger partial charge in [-0.25, -0.2) is 0 Å². The molecule has 0 spiro atoms. The third-order valence-corrected chi connectivity index (χ3v) is 2.41. The summed E-state index contributed by atoms with van der Waals surface area (Å²) in [5.74, 6) is 0.413. The molecule has 7 heteroatoms. The van der Waals surface area contributed by atoms with Crippen molar-refractivity contribution in [2.75, 3.05) is 25.6 Å². The lowest BCUT2D eigenvalue weighted by atomic mass is 10.3. The first-order valence-electron chi connectivity index (χ1n) is 6.41. The molecule has 0 saturated carbocycles. The van der Waals surface area contributed by atoms with E-state index >= 15 is 0 Å². The van der Waals surface area contributed by atoms with E-state index in [1.165, 1.54) is 0 Å². The van der Waals surface area contributed by atoms with Crippen LogP contribution >= 0.6 is 0 Å². The molecule has 0 bridgehead atoms. The molecule has 1 N–H and O–H groups in total. The molecular formula is C13H17N5O2. The summed E-state index contributed by atoms with van der Waals surface area (Å²) < 4.78 is 10.8. The van der Waals surface area contributed by atoms with Crippen molar-refractivity contribution in [3.63, 3.8) is 0 Å². The molecule has 2 rings (SSSR count). The molecule has 0 radical (unpaired) electrons. The summed E-state index contributed by atoms with van der Waals surface area (Å²) in [4.78, 5) is 16.5. The monoisotopic (exact) mass is 275 g/mol. The summed E-state index contributed by atoms with van der Waals surface area (Å²) in [7, 11) is 1.72. The van der Waals surface area contributed by atoms with Crippen molar-refractivity contribution in [2.24, 2.45) is 0 Å². The van der Waals surface area contributed by atoms with E-state index in [1.54, 1.807) is 13.2 Å². The average molecular weight is 275 g/mol. The van der Waals surface area contributed by atoms with E-state index in [2.05, 4.69) is 25.3 Å². The van der Waals surface area contributed by atoms with E-state index in [9.17, 15) is 0 Å². The standard InChI is InChI=1S/C13H17N5O2/c1-3-19-12-16-11(14-2)17-13(18-12)20-9-7-10-6-4-5-8-15-10/h4-6,8H,3,7,9H2,1-2H3,(H,14,16,17,18). The highest BCUT2D eigenvalue weighted by atomic mass is 16.5. The van der Waals surface area contributed by atoms with Crippen LogP contribution in [-0.4, -0.2) is 40.2 Å². The molecule has 2 aromatic rings. The van der Waals surface area contributed by atoms with Crippen LogP contribution in [0.25, 0.3) is 0 Å². The van der Waals surface area contributed by atoms with Gasteiger partial charge < -0.3 is 14.8 Å². The lowest BCUT2D eigenvalue weighted by Gasteiger charge is -2.07. The van der Waals surface area contributed by atoms with Gasteiger partial charge in [-0.3, -0.25) is 4.98 Å². The Balaban J connectivity index is 1.96. The minimum absolute atomic E-state index is 0.240. The first-order valence-corrected chi connectivity index (χ1v) is 6.41. The lowest BCUT2D eigenvalue weighted by molar-refractivity contribution is 0.271. The van der Waals surface area contributed by atoms with Gasteiger partial charge in [0.25, 0.3) is 0 Å². The SMILES string of the molecule is CCOc1nc(NC)nc(OCCc2ccccn2)n1. The molecule has 106 valence electrons. The van der Waals surface area contributed by atoms with Crippen molar-refractivity contribution in [3.8, 4) is 12.0 Å². The number of ether oxygens (including phenoxy) is 2. The van der Waals surface area contributed by atoms with Crippen LogP contribution in [0.1, 0.15) is 12.6 Å². The third kappa shape index (κ3) is 4.04. The predicted octanol–water partition coefficient (Wildman–Crippen LogP) is 1.33. The molecule has 0 aromatic carbocycles. The van der Waals surface area contributed by atoms with Crippen LogP contribution in [-0.2, 0) is 6.42 Å². The molecule has 7 nitrogen and oxygen atoms in total.